The Hall–Kier alpha value is -1.36. The lowest BCUT2D eigenvalue weighted by Crippen LogP contribution is -2.50. The number of anilines is 1. The molecule has 1 saturated heterocycles. The largest absolute Gasteiger partial charge is 0.444 e. The molecule has 1 fully saturated rings. The van der Waals surface area contributed by atoms with Crippen LogP contribution in [0.3, 0.4) is 0 Å². The highest BCUT2D eigenvalue weighted by molar-refractivity contribution is 14.1. The Bertz CT molecular complexity index is 783. The van der Waals surface area contributed by atoms with Crippen molar-refractivity contribution in [3.8, 4) is 11.4 Å². The van der Waals surface area contributed by atoms with Gasteiger partial charge in [0.25, 0.3) is 0 Å². The summed E-state index contributed by atoms with van der Waals surface area (Å²) in [5.74, 6) is 0. The van der Waals surface area contributed by atoms with Crippen molar-refractivity contribution >= 4 is 45.2 Å². The summed E-state index contributed by atoms with van der Waals surface area (Å²) >= 11 is 4.03. The Morgan fingerprint density at radius 3 is 2.46 bits per heavy atom. The number of ether oxygens (including phenoxy) is 1. The number of hydrogen-bond acceptors (Lipinski definition) is 6. The van der Waals surface area contributed by atoms with Crippen LogP contribution in [0.2, 0.25) is 0 Å². The standard InChI is InChI=1S/C17H24IN5O2S/c1-11-10-19-21(5)13(11)12-14(18)26-15(20-12)22-6-8-23(9-7-22)16(24)25-17(2,3)4/h10H,6-9H2,1-5H3. The Balaban J connectivity index is 1.69. The van der Waals surface area contributed by atoms with Crippen LogP contribution in [0, 0.1) is 9.81 Å². The van der Waals surface area contributed by atoms with Crippen molar-refractivity contribution in [2.24, 2.45) is 7.05 Å². The number of halogens is 1. The van der Waals surface area contributed by atoms with Gasteiger partial charge < -0.3 is 14.5 Å². The molecule has 0 atom stereocenters. The van der Waals surface area contributed by atoms with E-state index < -0.39 is 5.60 Å². The van der Waals surface area contributed by atoms with Gasteiger partial charge in [0.15, 0.2) is 5.13 Å². The molecule has 0 radical (unpaired) electrons. The van der Waals surface area contributed by atoms with Crippen molar-refractivity contribution < 1.29 is 9.53 Å². The highest BCUT2D eigenvalue weighted by Crippen LogP contribution is 2.35. The molecule has 0 N–H and O–H groups in total. The molecule has 0 bridgehead atoms. The maximum Gasteiger partial charge on any atom is 0.410 e. The van der Waals surface area contributed by atoms with Gasteiger partial charge in [-0.25, -0.2) is 9.78 Å². The van der Waals surface area contributed by atoms with Crippen LogP contribution in [-0.4, -0.2) is 57.5 Å². The van der Waals surface area contributed by atoms with Gasteiger partial charge in [0.1, 0.15) is 11.3 Å². The maximum absolute atomic E-state index is 12.2. The Labute approximate surface area is 171 Å². The van der Waals surface area contributed by atoms with Crippen molar-refractivity contribution in [3.63, 3.8) is 0 Å². The smallest absolute Gasteiger partial charge is 0.410 e. The molecule has 9 heteroatoms. The summed E-state index contributed by atoms with van der Waals surface area (Å²) in [6.07, 6.45) is 1.63. The summed E-state index contributed by atoms with van der Waals surface area (Å²) in [5, 5.41) is 5.31. The minimum absolute atomic E-state index is 0.239. The molecule has 3 heterocycles. The Kier molecular flexibility index (Phi) is 5.48. The lowest BCUT2D eigenvalue weighted by molar-refractivity contribution is 0.0240. The summed E-state index contributed by atoms with van der Waals surface area (Å²) in [4.78, 5) is 21.1. The van der Waals surface area contributed by atoms with Crippen LogP contribution < -0.4 is 4.90 Å². The number of nitrogens with zero attached hydrogens (tertiary/aromatic N) is 5. The highest BCUT2D eigenvalue weighted by atomic mass is 127. The minimum Gasteiger partial charge on any atom is -0.444 e. The SMILES string of the molecule is Cc1cnn(C)c1-c1nc(N2CCN(C(=O)OC(C)(C)C)CC2)sc1I. The average Bonchev–Trinajstić information content (AvgIpc) is 3.08. The maximum atomic E-state index is 12.2. The van der Waals surface area contributed by atoms with E-state index in [0.29, 0.717) is 13.1 Å². The van der Waals surface area contributed by atoms with E-state index in [1.807, 2.05) is 38.7 Å². The molecule has 0 aliphatic carbocycles. The molecular weight excluding hydrogens is 465 g/mol. The van der Waals surface area contributed by atoms with Gasteiger partial charge in [-0.15, -0.1) is 0 Å². The molecule has 2 aromatic heterocycles. The highest BCUT2D eigenvalue weighted by Gasteiger charge is 2.28. The predicted molar refractivity (Wildman–Crippen MR) is 112 cm³/mol. The number of carbonyl (C=O) groups excluding carboxylic acids is 1. The number of carbonyl (C=O) groups is 1. The molecule has 0 saturated carbocycles. The van der Waals surface area contributed by atoms with Crippen molar-refractivity contribution in [3.05, 3.63) is 14.6 Å². The number of hydrogen-bond donors (Lipinski definition) is 0. The van der Waals surface area contributed by atoms with Gasteiger partial charge in [-0.05, 0) is 55.8 Å². The third-order valence-electron chi connectivity index (χ3n) is 4.12. The van der Waals surface area contributed by atoms with Crippen molar-refractivity contribution in [1.82, 2.24) is 19.7 Å². The van der Waals surface area contributed by atoms with E-state index in [9.17, 15) is 4.79 Å². The van der Waals surface area contributed by atoms with Gasteiger partial charge in [-0.2, -0.15) is 5.10 Å². The first-order valence-electron chi connectivity index (χ1n) is 8.54. The quantitative estimate of drug-likeness (QED) is 0.605. The summed E-state index contributed by atoms with van der Waals surface area (Å²) in [6.45, 7) is 10.5. The first-order chi connectivity index (χ1) is 12.2. The first-order valence-corrected chi connectivity index (χ1v) is 10.4. The fraction of sp³-hybridized carbons (Fsp3) is 0.588. The number of aryl methyl sites for hydroxylation is 2. The van der Waals surface area contributed by atoms with Crippen LogP contribution in [0.25, 0.3) is 11.4 Å². The molecule has 1 aliphatic heterocycles. The number of piperazine rings is 1. The summed E-state index contributed by atoms with van der Waals surface area (Å²) in [7, 11) is 1.94. The van der Waals surface area contributed by atoms with Crippen LogP contribution in [0.1, 0.15) is 26.3 Å². The van der Waals surface area contributed by atoms with Crippen molar-refractivity contribution in [2.45, 2.75) is 33.3 Å². The third kappa shape index (κ3) is 4.13. The normalized spacial score (nSPS) is 15.5. The van der Waals surface area contributed by atoms with Gasteiger partial charge in [0.05, 0.1) is 14.8 Å². The van der Waals surface area contributed by atoms with E-state index in [1.165, 1.54) is 0 Å². The molecule has 7 nitrogen and oxygen atoms in total. The predicted octanol–water partition coefficient (Wildman–Crippen LogP) is 3.51. The zero-order valence-corrected chi connectivity index (χ0v) is 18.7. The molecule has 142 valence electrons. The molecule has 1 amide bonds. The fourth-order valence-corrected chi connectivity index (χ4v) is 4.68. The van der Waals surface area contributed by atoms with Crippen LogP contribution in [0.15, 0.2) is 6.20 Å². The second kappa shape index (κ2) is 7.34. The van der Waals surface area contributed by atoms with E-state index in [2.05, 4.69) is 39.5 Å². The van der Waals surface area contributed by atoms with Gasteiger partial charge >= 0.3 is 6.09 Å². The molecule has 2 aromatic rings. The second-order valence-corrected chi connectivity index (χ2v) is 10.2. The zero-order valence-electron chi connectivity index (χ0n) is 15.7. The summed E-state index contributed by atoms with van der Waals surface area (Å²) in [5.41, 5.74) is 2.70. The molecule has 0 spiro atoms. The summed E-state index contributed by atoms with van der Waals surface area (Å²) in [6, 6.07) is 0. The van der Waals surface area contributed by atoms with Crippen LogP contribution in [0.4, 0.5) is 9.93 Å². The van der Waals surface area contributed by atoms with Crippen LogP contribution in [-0.2, 0) is 11.8 Å². The third-order valence-corrected chi connectivity index (χ3v) is 6.20. The molecule has 26 heavy (non-hydrogen) atoms. The van der Waals surface area contributed by atoms with Gasteiger partial charge in [0.2, 0.25) is 0 Å². The second-order valence-electron chi connectivity index (χ2n) is 7.37. The van der Waals surface area contributed by atoms with Gasteiger partial charge in [0, 0.05) is 33.2 Å². The Morgan fingerprint density at radius 1 is 1.27 bits per heavy atom. The molecule has 0 aromatic carbocycles. The average molecular weight is 489 g/mol. The van der Waals surface area contributed by atoms with E-state index in [-0.39, 0.29) is 6.09 Å². The monoisotopic (exact) mass is 489 g/mol. The zero-order chi connectivity index (χ0) is 19.1. The Morgan fingerprint density at radius 2 is 1.92 bits per heavy atom. The lowest BCUT2D eigenvalue weighted by Gasteiger charge is -2.35. The lowest BCUT2D eigenvalue weighted by atomic mass is 10.2. The number of amides is 1. The van der Waals surface area contributed by atoms with Crippen LogP contribution >= 0.6 is 33.9 Å². The topological polar surface area (TPSA) is 63.5 Å². The van der Waals surface area contributed by atoms with E-state index in [0.717, 1.165) is 38.1 Å². The molecule has 1 aliphatic rings. The fourth-order valence-electron chi connectivity index (χ4n) is 2.87. The van der Waals surface area contributed by atoms with Gasteiger partial charge in [-0.3, -0.25) is 4.68 Å². The minimum atomic E-state index is -0.463. The van der Waals surface area contributed by atoms with E-state index in [1.54, 1.807) is 16.2 Å². The van der Waals surface area contributed by atoms with E-state index >= 15 is 0 Å². The molecule has 0 unspecified atom stereocenters. The summed E-state index contributed by atoms with van der Waals surface area (Å²) < 4.78 is 8.48. The van der Waals surface area contributed by atoms with Crippen molar-refractivity contribution in [1.29, 1.82) is 0 Å². The first kappa shape index (κ1) is 19.4. The molecular formula is C17H24IN5O2S. The van der Waals surface area contributed by atoms with Gasteiger partial charge in [-0.1, -0.05) is 11.3 Å². The van der Waals surface area contributed by atoms with Crippen LogP contribution in [0.5, 0.6) is 0 Å². The molecule has 3 rings (SSSR count). The number of rotatable bonds is 2. The number of aromatic nitrogens is 3. The number of thiazole rings is 1. The van der Waals surface area contributed by atoms with E-state index in [4.69, 9.17) is 9.72 Å². The van der Waals surface area contributed by atoms with Crippen molar-refractivity contribution in [2.75, 3.05) is 31.1 Å².